The van der Waals surface area contributed by atoms with Crippen molar-refractivity contribution in [3.8, 4) is 5.88 Å². The van der Waals surface area contributed by atoms with Gasteiger partial charge in [-0.05, 0) is 18.9 Å². The lowest BCUT2D eigenvalue weighted by Crippen LogP contribution is -2.48. The molecule has 0 atom stereocenters. The second-order valence-corrected chi connectivity index (χ2v) is 7.15. The Hall–Kier alpha value is -2.48. The summed E-state index contributed by atoms with van der Waals surface area (Å²) >= 11 is 0. The number of methoxy groups -OCH3 is 1. The number of carbonyl (C=O) groups is 1. The quantitative estimate of drug-likeness (QED) is 0.809. The molecule has 27 heavy (non-hydrogen) atoms. The normalized spacial score (nSPS) is 18.0. The zero-order chi connectivity index (χ0) is 18.6. The van der Waals surface area contributed by atoms with Crippen LogP contribution in [0.25, 0.3) is 0 Å². The standard InChI is InChI=1S/C19H26N6O2/c1-27-18-7-6-15(13-20-18)19(26)24-11-9-23(10-12-24)14-17-22-21-16-5-3-2-4-8-25(16)17/h6-7,13H,2-5,8-12,14H2,1H3. The van der Waals surface area contributed by atoms with E-state index in [0.717, 1.165) is 44.2 Å². The number of carbonyl (C=O) groups excluding carboxylic acids is 1. The van der Waals surface area contributed by atoms with E-state index in [0.29, 0.717) is 24.5 Å². The first-order valence-corrected chi connectivity index (χ1v) is 9.67. The van der Waals surface area contributed by atoms with Crippen LogP contribution >= 0.6 is 0 Å². The van der Waals surface area contributed by atoms with Crippen molar-refractivity contribution in [2.75, 3.05) is 33.3 Å². The van der Waals surface area contributed by atoms with Gasteiger partial charge in [0.05, 0.1) is 19.2 Å². The van der Waals surface area contributed by atoms with E-state index in [1.165, 1.54) is 19.3 Å². The Bertz CT molecular complexity index is 780. The fourth-order valence-corrected chi connectivity index (χ4v) is 3.78. The van der Waals surface area contributed by atoms with E-state index in [4.69, 9.17) is 4.74 Å². The molecular formula is C19H26N6O2. The predicted octanol–water partition coefficient (Wildman–Crippen LogP) is 1.37. The van der Waals surface area contributed by atoms with Gasteiger partial charge in [0.25, 0.3) is 5.91 Å². The molecule has 2 aromatic heterocycles. The zero-order valence-electron chi connectivity index (χ0n) is 15.8. The first kappa shape index (κ1) is 17.9. The number of rotatable bonds is 4. The molecule has 2 aromatic rings. The lowest BCUT2D eigenvalue weighted by atomic mass is 10.2. The second kappa shape index (κ2) is 8.04. The number of aryl methyl sites for hydroxylation is 1. The van der Waals surface area contributed by atoms with Crippen molar-refractivity contribution in [3.63, 3.8) is 0 Å². The highest BCUT2D eigenvalue weighted by molar-refractivity contribution is 5.94. The van der Waals surface area contributed by atoms with Crippen molar-refractivity contribution in [2.24, 2.45) is 0 Å². The fourth-order valence-electron chi connectivity index (χ4n) is 3.78. The highest BCUT2D eigenvalue weighted by atomic mass is 16.5. The lowest BCUT2D eigenvalue weighted by molar-refractivity contribution is 0.0623. The van der Waals surface area contributed by atoms with E-state index < -0.39 is 0 Å². The van der Waals surface area contributed by atoms with Gasteiger partial charge in [-0.1, -0.05) is 6.42 Å². The van der Waals surface area contributed by atoms with Gasteiger partial charge >= 0.3 is 0 Å². The summed E-state index contributed by atoms with van der Waals surface area (Å²) in [5.74, 6) is 2.74. The average molecular weight is 370 g/mol. The maximum absolute atomic E-state index is 12.7. The van der Waals surface area contributed by atoms with Crippen LogP contribution in [0.5, 0.6) is 5.88 Å². The Morgan fingerprint density at radius 2 is 1.93 bits per heavy atom. The minimum absolute atomic E-state index is 0.0288. The van der Waals surface area contributed by atoms with Gasteiger partial charge in [-0.15, -0.1) is 10.2 Å². The van der Waals surface area contributed by atoms with E-state index in [9.17, 15) is 4.79 Å². The molecular weight excluding hydrogens is 344 g/mol. The molecule has 0 unspecified atom stereocenters. The van der Waals surface area contributed by atoms with E-state index in [2.05, 4.69) is 24.6 Å². The van der Waals surface area contributed by atoms with Crippen molar-refractivity contribution < 1.29 is 9.53 Å². The number of fused-ring (bicyclic) bond motifs is 1. The summed E-state index contributed by atoms with van der Waals surface area (Å²) in [5, 5.41) is 8.81. The van der Waals surface area contributed by atoms with E-state index in [-0.39, 0.29) is 5.91 Å². The highest BCUT2D eigenvalue weighted by Crippen LogP contribution is 2.17. The molecule has 4 rings (SSSR count). The second-order valence-electron chi connectivity index (χ2n) is 7.15. The van der Waals surface area contributed by atoms with Gasteiger partial charge in [0.2, 0.25) is 5.88 Å². The Morgan fingerprint density at radius 3 is 2.67 bits per heavy atom. The monoisotopic (exact) mass is 370 g/mol. The van der Waals surface area contributed by atoms with Crippen LogP contribution in [0.1, 0.15) is 41.3 Å². The van der Waals surface area contributed by atoms with Crippen LogP contribution in [0.3, 0.4) is 0 Å². The number of pyridine rings is 1. The molecule has 2 aliphatic rings. The molecule has 0 N–H and O–H groups in total. The third-order valence-electron chi connectivity index (χ3n) is 5.40. The minimum Gasteiger partial charge on any atom is -0.481 e. The summed E-state index contributed by atoms with van der Waals surface area (Å²) < 4.78 is 7.35. The number of hydrogen-bond acceptors (Lipinski definition) is 6. The maximum atomic E-state index is 12.7. The van der Waals surface area contributed by atoms with Gasteiger partial charge in [0.15, 0.2) is 0 Å². The first-order valence-electron chi connectivity index (χ1n) is 9.67. The Morgan fingerprint density at radius 1 is 1.07 bits per heavy atom. The number of amides is 1. The third kappa shape index (κ3) is 3.95. The number of nitrogens with zero attached hydrogens (tertiary/aromatic N) is 6. The van der Waals surface area contributed by atoms with Crippen molar-refractivity contribution >= 4 is 5.91 Å². The fraction of sp³-hybridized carbons (Fsp3) is 0.579. The number of ether oxygens (including phenoxy) is 1. The van der Waals surface area contributed by atoms with Crippen LogP contribution in [0.2, 0.25) is 0 Å². The van der Waals surface area contributed by atoms with Crippen molar-refractivity contribution in [2.45, 2.75) is 38.8 Å². The first-order chi connectivity index (χ1) is 13.2. The Labute approximate surface area is 159 Å². The smallest absolute Gasteiger partial charge is 0.255 e. The van der Waals surface area contributed by atoms with E-state index >= 15 is 0 Å². The van der Waals surface area contributed by atoms with Crippen LogP contribution in [-0.2, 0) is 19.5 Å². The van der Waals surface area contributed by atoms with Crippen molar-refractivity contribution in [1.29, 1.82) is 0 Å². The molecule has 0 aromatic carbocycles. The molecule has 4 heterocycles. The molecule has 0 saturated carbocycles. The molecule has 0 spiro atoms. The van der Waals surface area contributed by atoms with E-state index in [1.54, 1.807) is 25.4 Å². The van der Waals surface area contributed by atoms with Gasteiger partial charge in [-0.3, -0.25) is 9.69 Å². The van der Waals surface area contributed by atoms with Crippen molar-refractivity contribution in [3.05, 3.63) is 35.5 Å². The Kier molecular flexibility index (Phi) is 5.33. The van der Waals surface area contributed by atoms with Gasteiger partial charge in [0.1, 0.15) is 11.6 Å². The maximum Gasteiger partial charge on any atom is 0.255 e. The van der Waals surface area contributed by atoms with Crippen LogP contribution in [0, 0.1) is 0 Å². The Balaban J connectivity index is 1.33. The van der Waals surface area contributed by atoms with Crippen molar-refractivity contribution in [1.82, 2.24) is 29.5 Å². The van der Waals surface area contributed by atoms with Crippen LogP contribution < -0.4 is 4.74 Å². The molecule has 8 heteroatoms. The molecule has 1 amide bonds. The molecule has 1 saturated heterocycles. The number of aromatic nitrogens is 4. The molecule has 8 nitrogen and oxygen atoms in total. The third-order valence-corrected chi connectivity index (χ3v) is 5.40. The molecule has 2 aliphatic heterocycles. The summed E-state index contributed by atoms with van der Waals surface area (Å²) in [4.78, 5) is 21.0. The van der Waals surface area contributed by atoms with Gasteiger partial charge in [-0.2, -0.15) is 0 Å². The van der Waals surface area contributed by atoms with Gasteiger partial charge < -0.3 is 14.2 Å². The summed E-state index contributed by atoms with van der Waals surface area (Å²) in [5.41, 5.74) is 0.604. The molecule has 0 bridgehead atoms. The van der Waals surface area contributed by atoms with Crippen LogP contribution in [0.4, 0.5) is 0 Å². The van der Waals surface area contributed by atoms with E-state index in [1.807, 2.05) is 4.90 Å². The average Bonchev–Trinajstić information content (AvgIpc) is 2.94. The summed E-state index contributed by atoms with van der Waals surface area (Å²) in [6, 6.07) is 3.49. The van der Waals surface area contributed by atoms with Crippen LogP contribution in [0.15, 0.2) is 18.3 Å². The summed E-state index contributed by atoms with van der Waals surface area (Å²) in [6.07, 6.45) is 6.29. The zero-order valence-corrected chi connectivity index (χ0v) is 15.8. The van der Waals surface area contributed by atoms with Crippen LogP contribution in [-0.4, -0.2) is 68.7 Å². The SMILES string of the molecule is COc1ccc(C(=O)N2CCN(Cc3nnc4n3CCCCC4)CC2)cn1. The highest BCUT2D eigenvalue weighted by Gasteiger charge is 2.24. The molecule has 0 aliphatic carbocycles. The molecule has 144 valence electrons. The van der Waals surface area contributed by atoms with Gasteiger partial charge in [0, 0.05) is 51.4 Å². The summed E-state index contributed by atoms with van der Waals surface area (Å²) in [6.45, 7) is 4.95. The predicted molar refractivity (Wildman–Crippen MR) is 99.5 cm³/mol. The number of hydrogen-bond donors (Lipinski definition) is 0. The molecule has 0 radical (unpaired) electrons. The number of piperazine rings is 1. The summed E-state index contributed by atoms with van der Waals surface area (Å²) in [7, 11) is 1.57. The minimum atomic E-state index is 0.0288. The molecule has 1 fully saturated rings. The van der Waals surface area contributed by atoms with Gasteiger partial charge in [-0.25, -0.2) is 4.98 Å². The topological polar surface area (TPSA) is 76.4 Å². The lowest BCUT2D eigenvalue weighted by Gasteiger charge is -2.34. The largest absolute Gasteiger partial charge is 0.481 e.